The molecule has 0 saturated carbocycles. The molecule has 1 aliphatic heterocycles. The van der Waals surface area contributed by atoms with E-state index in [0.29, 0.717) is 25.5 Å². The molecule has 2 N–H and O–H groups in total. The van der Waals surface area contributed by atoms with Crippen LogP contribution in [0.1, 0.15) is 5.56 Å². The molecule has 0 saturated heterocycles. The van der Waals surface area contributed by atoms with Gasteiger partial charge < -0.3 is 19.9 Å². The van der Waals surface area contributed by atoms with Gasteiger partial charge in [-0.1, -0.05) is 36.4 Å². The minimum atomic E-state index is 0.505. The van der Waals surface area contributed by atoms with Crippen LogP contribution in [0.3, 0.4) is 0 Å². The molecule has 25 heavy (non-hydrogen) atoms. The van der Waals surface area contributed by atoms with Crippen LogP contribution in [0, 0.1) is 0 Å². The number of rotatable bonds is 4. The molecule has 0 atom stereocenters. The summed E-state index contributed by atoms with van der Waals surface area (Å²) < 4.78 is 17.2. The molecule has 1 heterocycles. The summed E-state index contributed by atoms with van der Waals surface area (Å²) in [5.41, 5.74) is 9.85. The lowest BCUT2D eigenvalue weighted by Gasteiger charge is -2.19. The molecule has 0 fully saturated rings. The van der Waals surface area contributed by atoms with Crippen LogP contribution in [0.25, 0.3) is 11.1 Å². The molecular weight excluding hydrogens is 314 g/mol. The van der Waals surface area contributed by atoms with Gasteiger partial charge in [-0.05, 0) is 41.0 Å². The predicted molar refractivity (Wildman–Crippen MR) is 98.1 cm³/mol. The summed E-state index contributed by atoms with van der Waals surface area (Å²) in [5, 5.41) is 0. The van der Waals surface area contributed by atoms with E-state index < -0.39 is 0 Å². The van der Waals surface area contributed by atoms with E-state index in [4.69, 9.17) is 19.9 Å². The van der Waals surface area contributed by atoms with Crippen LogP contribution < -0.4 is 19.9 Å². The van der Waals surface area contributed by atoms with Gasteiger partial charge in [-0.15, -0.1) is 0 Å². The number of benzene rings is 3. The highest BCUT2D eigenvalue weighted by Crippen LogP contribution is 2.36. The fraction of sp³-hybridized carbons (Fsp3) is 0.143. The van der Waals surface area contributed by atoms with Crippen LogP contribution in [0.2, 0.25) is 0 Å². The number of hydrogen-bond acceptors (Lipinski definition) is 4. The monoisotopic (exact) mass is 333 g/mol. The van der Waals surface area contributed by atoms with E-state index >= 15 is 0 Å². The zero-order valence-corrected chi connectivity index (χ0v) is 13.8. The van der Waals surface area contributed by atoms with Gasteiger partial charge in [-0.25, -0.2) is 0 Å². The topological polar surface area (TPSA) is 53.7 Å². The predicted octanol–water partition coefficient (Wildman–Crippen LogP) is 4.29. The second kappa shape index (κ2) is 6.77. The van der Waals surface area contributed by atoms with E-state index in [1.54, 1.807) is 0 Å². The van der Waals surface area contributed by atoms with Gasteiger partial charge in [0.25, 0.3) is 0 Å². The smallest absolute Gasteiger partial charge is 0.161 e. The normalized spacial score (nSPS) is 12.6. The highest BCUT2D eigenvalue weighted by Gasteiger charge is 2.13. The minimum Gasteiger partial charge on any atom is -0.489 e. The first-order valence-electron chi connectivity index (χ1n) is 8.25. The van der Waals surface area contributed by atoms with Crippen molar-refractivity contribution < 1.29 is 14.2 Å². The van der Waals surface area contributed by atoms with Crippen molar-refractivity contribution in [2.45, 2.75) is 6.61 Å². The minimum absolute atomic E-state index is 0.505. The average Bonchev–Trinajstić information content (AvgIpc) is 2.66. The van der Waals surface area contributed by atoms with E-state index in [1.165, 1.54) is 0 Å². The van der Waals surface area contributed by atoms with Gasteiger partial charge in [0.1, 0.15) is 25.6 Å². The molecule has 3 aromatic carbocycles. The molecule has 0 amide bonds. The van der Waals surface area contributed by atoms with Gasteiger partial charge in [0.05, 0.1) is 0 Å². The molecule has 0 spiro atoms. The van der Waals surface area contributed by atoms with E-state index in [9.17, 15) is 0 Å². The van der Waals surface area contributed by atoms with E-state index in [1.807, 2.05) is 66.7 Å². The average molecular weight is 333 g/mol. The van der Waals surface area contributed by atoms with E-state index in [-0.39, 0.29) is 0 Å². The number of anilines is 1. The molecule has 0 bridgehead atoms. The summed E-state index contributed by atoms with van der Waals surface area (Å²) >= 11 is 0. The van der Waals surface area contributed by atoms with Gasteiger partial charge >= 0.3 is 0 Å². The first-order valence-corrected chi connectivity index (χ1v) is 8.25. The van der Waals surface area contributed by atoms with Crippen molar-refractivity contribution in [1.29, 1.82) is 0 Å². The SMILES string of the molecule is Nc1cc(OCc2ccccc2)cc(-c2ccc3c(c2)OCCO3)c1. The van der Waals surface area contributed by atoms with Crippen LogP contribution in [0.4, 0.5) is 5.69 Å². The summed E-state index contributed by atoms with van der Waals surface area (Å²) in [6.07, 6.45) is 0. The van der Waals surface area contributed by atoms with Crippen LogP contribution in [-0.2, 0) is 6.61 Å². The lowest BCUT2D eigenvalue weighted by atomic mass is 10.0. The summed E-state index contributed by atoms with van der Waals surface area (Å²) in [5.74, 6) is 2.28. The maximum atomic E-state index is 6.07. The zero-order chi connectivity index (χ0) is 17.1. The van der Waals surface area contributed by atoms with E-state index in [0.717, 1.165) is 33.9 Å². The summed E-state index contributed by atoms with van der Waals surface area (Å²) in [7, 11) is 0. The van der Waals surface area contributed by atoms with Crippen molar-refractivity contribution in [2.75, 3.05) is 18.9 Å². The molecule has 0 aromatic heterocycles. The number of hydrogen-bond donors (Lipinski definition) is 1. The highest BCUT2D eigenvalue weighted by atomic mass is 16.6. The molecule has 0 unspecified atom stereocenters. The lowest BCUT2D eigenvalue weighted by Crippen LogP contribution is -2.15. The van der Waals surface area contributed by atoms with Crippen LogP contribution in [0.15, 0.2) is 66.7 Å². The Hall–Kier alpha value is -3.14. The molecule has 4 rings (SSSR count). The summed E-state index contributed by atoms with van der Waals surface area (Å²) in [4.78, 5) is 0. The quantitative estimate of drug-likeness (QED) is 0.724. The van der Waals surface area contributed by atoms with Crippen LogP contribution >= 0.6 is 0 Å². The van der Waals surface area contributed by atoms with Gasteiger partial charge in [0.2, 0.25) is 0 Å². The maximum absolute atomic E-state index is 6.07. The second-order valence-corrected chi connectivity index (χ2v) is 5.92. The van der Waals surface area contributed by atoms with Gasteiger partial charge in [-0.3, -0.25) is 0 Å². The Bertz CT molecular complexity index is 878. The Morgan fingerprint density at radius 2 is 1.60 bits per heavy atom. The van der Waals surface area contributed by atoms with Crippen molar-refractivity contribution in [2.24, 2.45) is 0 Å². The third kappa shape index (κ3) is 3.53. The zero-order valence-electron chi connectivity index (χ0n) is 13.8. The first kappa shape index (κ1) is 15.4. The molecule has 0 aliphatic carbocycles. The van der Waals surface area contributed by atoms with Crippen molar-refractivity contribution >= 4 is 5.69 Å². The van der Waals surface area contributed by atoms with Gasteiger partial charge in [0.15, 0.2) is 11.5 Å². The third-order valence-electron chi connectivity index (χ3n) is 4.05. The maximum Gasteiger partial charge on any atom is 0.161 e. The Morgan fingerprint density at radius 3 is 2.44 bits per heavy atom. The van der Waals surface area contributed by atoms with Gasteiger partial charge in [-0.2, -0.15) is 0 Å². The number of nitrogen functional groups attached to an aromatic ring is 1. The van der Waals surface area contributed by atoms with Gasteiger partial charge in [0, 0.05) is 11.8 Å². The molecule has 0 radical (unpaired) electrons. The standard InChI is InChI=1S/C21H19NO3/c22-18-10-17(16-6-7-20-21(12-16)24-9-8-23-20)11-19(13-18)25-14-15-4-2-1-3-5-15/h1-7,10-13H,8-9,14,22H2. The second-order valence-electron chi connectivity index (χ2n) is 5.92. The van der Waals surface area contributed by atoms with Crippen LogP contribution in [0.5, 0.6) is 17.2 Å². The third-order valence-corrected chi connectivity index (χ3v) is 4.05. The summed E-state index contributed by atoms with van der Waals surface area (Å²) in [6.45, 7) is 1.66. The molecule has 4 nitrogen and oxygen atoms in total. The Morgan fingerprint density at radius 1 is 0.800 bits per heavy atom. The van der Waals surface area contributed by atoms with Crippen molar-refractivity contribution in [1.82, 2.24) is 0 Å². The highest BCUT2D eigenvalue weighted by molar-refractivity contribution is 5.72. The van der Waals surface area contributed by atoms with Crippen molar-refractivity contribution in [3.05, 3.63) is 72.3 Å². The number of fused-ring (bicyclic) bond motifs is 1. The molecule has 3 aromatic rings. The summed E-state index contributed by atoms with van der Waals surface area (Å²) in [6, 6.07) is 21.7. The van der Waals surface area contributed by atoms with Crippen LogP contribution in [-0.4, -0.2) is 13.2 Å². The Labute approximate surface area is 146 Å². The largest absolute Gasteiger partial charge is 0.489 e. The Balaban J connectivity index is 1.59. The fourth-order valence-corrected chi connectivity index (χ4v) is 2.84. The Kier molecular flexibility index (Phi) is 4.17. The molecular formula is C21H19NO3. The first-order chi connectivity index (χ1) is 12.3. The molecule has 4 heteroatoms. The number of ether oxygens (including phenoxy) is 3. The molecule has 126 valence electrons. The van der Waals surface area contributed by atoms with Crippen molar-refractivity contribution in [3.8, 4) is 28.4 Å². The molecule has 1 aliphatic rings. The van der Waals surface area contributed by atoms with Crippen molar-refractivity contribution in [3.63, 3.8) is 0 Å². The lowest BCUT2D eigenvalue weighted by molar-refractivity contribution is 0.171. The fourth-order valence-electron chi connectivity index (χ4n) is 2.84. The number of nitrogens with two attached hydrogens (primary N) is 1. The van der Waals surface area contributed by atoms with E-state index in [2.05, 4.69) is 0 Å².